The van der Waals surface area contributed by atoms with Crippen LogP contribution in [-0.2, 0) is 20.7 Å². The molecule has 2 aliphatic heterocycles. The van der Waals surface area contributed by atoms with Gasteiger partial charge in [0.1, 0.15) is 5.75 Å². The van der Waals surface area contributed by atoms with Crippen molar-refractivity contribution < 1.29 is 19.1 Å². The lowest BCUT2D eigenvalue weighted by molar-refractivity contribution is -0.144. The molecule has 0 unspecified atom stereocenters. The quantitative estimate of drug-likeness (QED) is 0.0806. The zero-order valence-corrected chi connectivity index (χ0v) is 27.5. The van der Waals surface area contributed by atoms with Crippen molar-refractivity contribution in [3.05, 3.63) is 66.1 Å². The van der Waals surface area contributed by atoms with Crippen LogP contribution in [0.5, 0.6) is 5.75 Å². The fourth-order valence-electron chi connectivity index (χ4n) is 6.32. The molecule has 0 N–H and O–H groups in total. The maximum absolute atomic E-state index is 12.8. The monoisotopic (exact) mass is 631 g/mol. The Kier molecular flexibility index (Phi) is 12.7. The fourth-order valence-corrected chi connectivity index (χ4v) is 7.12. The zero-order valence-electron chi connectivity index (χ0n) is 26.7. The number of amides is 1. The Hall–Kier alpha value is -3.36. The van der Waals surface area contributed by atoms with Gasteiger partial charge in [-0.15, -0.1) is 17.9 Å². The van der Waals surface area contributed by atoms with Gasteiger partial charge in [-0.1, -0.05) is 43.9 Å². The molecule has 5 rings (SSSR count). The second kappa shape index (κ2) is 17.4. The fraction of sp³-hybridized carbons (Fsp3) is 0.514. The zero-order chi connectivity index (χ0) is 31.3. The number of carbonyl (C=O) groups excluding carboxylic acids is 2. The minimum absolute atomic E-state index is 0.0147. The van der Waals surface area contributed by atoms with Crippen LogP contribution in [0.1, 0.15) is 76.2 Å². The van der Waals surface area contributed by atoms with E-state index in [0.717, 1.165) is 88.2 Å². The van der Waals surface area contributed by atoms with Crippen LogP contribution >= 0.6 is 11.3 Å². The lowest BCUT2D eigenvalue weighted by Gasteiger charge is -2.36. The summed E-state index contributed by atoms with van der Waals surface area (Å²) >= 11 is 1.81. The topological polar surface area (TPSA) is 62.3 Å². The van der Waals surface area contributed by atoms with Crippen molar-refractivity contribution in [1.82, 2.24) is 4.90 Å². The Labute approximate surface area is 272 Å². The first-order chi connectivity index (χ1) is 22.1. The number of fused-ring (bicyclic) bond motifs is 2. The second-order valence-corrected chi connectivity index (χ2v) is 13.1. The van der Waals surface area contributed by atoms with Gasteiger partial charge in [0, 0.05) is 60.9 Å². The summed E-state index contributed by atoms with van der Waals surface area (Å²) in [6, 6.07) is 14.8. The van der Waals surface area contributed by atoms with Gasteiger partial charge in [-0.25, -0.2) is 0 Å². The lowest BCUT2D eigenvalue weighted by atomic mass is 10.0. The molecule has 0 bridgehead atoms. The molecule has 3 aromatic rings. The molecule has 1 fully saturated rings. The van der Waals surface area contributed by atoms with Crippen molar-refractivity contribution >= 4 is 44.7 Å². The Balaban J connectivity index is 0.990. The van der Waals surface area contributed by atoms with E-state index in [1.54, 1.807) is 4.90 Å². The van der Waals surface area contributed by atoms with Gasteiger partial charge in [-0.2, -0.15) is 0 Å². The summed E-state index contributed by atoms with van der Waals surface area (Å²) in [6.07, 6.45) is 13.2. The van der Waals surface area contributed by atoms with E-state index in [-0.39, 0.29) is 18.6 Å². The van der Waals surface area contributed by atoms with Crippen molar-refractivity contribution in [2.24, 2.45) is 0 Å². The number of thiophene rings is 1. The van der Waals surface area contributed by atoms with Gasteiger partial charge >= 0.3 is 5.97 Å². The van der Waals surface area contributed by atoms with E-state index < -0.39 is 0 Å². The van der Waals surface area contributed by atoms with E-state index in [1.165, 1.54) is 35.0 Å². The summed E-state index contributed by atoms with van der Waals surface area (Å²) in [5, 5.41) is 3.55. The van der Waals surface area contributed by atoms with Crippen molar-refractivity contribution in [1.29, 1.82) is 0 Å². The highest BCUT2D eigenvalue weighted by Crippen LogP contribution is 2.33. The van der Waals surface area contributed by atoms with Crippen molar-refractivity contribution in [2.45, 2.75) is 77.0 Å². The van der Waals surface area contributed by atoms with E-state index >= 15 is 0 Å². The van der Waals surface area contributed by atoms with Crippen LogP contribution in [0.3, 0.4) is 0 Å². The Morgan fingerprint density at radius 2 is 1.71 bits per heavy atom. The number of anilines is 2. The standard InChI is InChI=1S/C37H49N3O4S/c1-2-3-4-5-6-7-8-9-15-37(42)44-29-40-34-28-31(18-16-30(34)17-19-36(40)41)43-26-11-10-21-38-22-24-39(25-23-38)33-13-12-14-35-32(33)20-27-45-35/h2,12-14,16,18,20,27-28H,1,3-11,15,17,19,21-26,29H2. The van der Waals surface area contributed by atoms with Crippen molar-refractivity contribution in [3.63, 3.8) is 0 Å². The van der Waals surface area contributed by atoms with Crippen LogP contribution in [0.15, 0.2) is 60.5 Å². The Morgan fingerprint density at radius 3 is 2.56 bits per heavy atom. The molecule has 1 amide bonds. The van der Waals surface area contributed by atoms with Gasteiger partial charge in [0.2, 0.25) is 5.91 Å². The summed E-state index contributed by atoms with van der Waals surface area (Å²) < 4.78 is 13.0. The molecule has 0 aliphatic carbocycles. The number of allylic oxidation sites excluding steroid dienone is 1. The summed E-state index contributed by atoms with van der Waals surface area (Å²) in [5.41, 5.74) is 3.25. The molecule has 8 heteroatoms. The van der Waals surface area contributed by atoms with Crippen LogP contribution in [0, 0.1) is 0 Å². The van der Waals surface area contributed by atoms with Gasteiger partial charge in [-0.3, -0.25) is 19.4 Å². The minimum Gasteiger partial charge on any atom is -0.494 e. The van der Waals surface area contributed by atoms with Gasteiger partial charge in [-0.05, 0) is 80.3 Å². The molecule has 0 atom stereocenters. The summed E-state index contributed by atoms with van der Waals surface area (Å²) in [7, 11) is 0. The Morgan fingerprint density at radius 1 is 0.889 bits per heavy atom. The highest BCUT2D eigenvalue weighted by Gasteiger charge is 2.26. The minimum atomic E-state index is -0.241. The average Bonchev–Trinajstić information content (AvgIpc) is 3.55. The maximum atomic E-state index is 12.8. The summed E-state index contributed by atoms with van der Waals surface area (Å²) in [4.78, 5) is 31.8. The normalized spacial score (nSPS) is 15.3. The van der Waals surface area contributed by atoms with E-state index in [0.29, 0.717) is 25.9 Å². The van der Waals surface area contributed by atoms with E-state index in [1.807, 2.05) is 35.6 Å². The number of unbranched alkanes of at least 4 members (excludes halogenated alkanes) is 7. The number of carbonyl (C=O) groups is 2. The Bertz CT molecular complexity index is 1400. The predicted octanol–water partition coefficient (Wildman–Crippen LogP) is 7.97. The predicted molar refractivity (Wildman–Crippen MR) is 186 cm³/mol. The summed E-state index contributed by atoms with van der Waals surface area (Å²) in [5.74, 6) is 0.499. The largest absolute Gasteiger partial charge is 0.494 e. The number of ether oxygens (including phenoxy) is 2. The molecule has 1 saturated heterocycles. The number of nitrogens with zero attached hydrogens (tertiary/aromatic N) is 3. The molecule has 242 valence electrons. The number of rotatable bonds is 18. The molecule has 0 spiro atoms. The van der Waals surface area contributed by atoms with Gasteiger partial charge < -0.3 is 14.4 Å². The molecule has 0 radical (unpaired) electrons. The molecule has 45 heavy (non-hydrogen) atoms. The summed E-state index contributed by atoms with van der Waals surface area (Å²) in [6.45, 7) is 9.71. The van der Waals surface area contributed by atoms with Gasteiger partial charge in [0.05, 0.1) is 12.3 Å². The van der Waals surface area contributed by atoms with Crippen molar-refractivity contribution in [3.8, 4) is 5.75 Å². The molecule has 2 aliphatic rings. The lowest BCUT2D eigenvalue weighted by Crippen LogP contribution is -2.46. The van der Waals surface area contributed by atoms with Crippen LogP contribution in [0.4, 0.5) is 11.4 Å². The number of hydrogen-bond acceptors (Lipinski definition) is 7. The maximum Gasteiger partial charge on any atom is 0.307 e. The molecule has 2 aromatic carbocycles. The number of aryl methyl sites for hydroxylation is 1. The number of esters is 1. The van der Waals surface area contributed by atoms with Gasteiger partial charge in [0.25, 0.3) is 0 Å². The molecule has 7 nitrogen and oxygen atoms in total. The SMILES string of the molecule is C=CCCCCCCCCC(=O)OCN1C(=O)CCc2ccc(OCCCCN3CCN(c4cccc5sccc45)CC3)cc21. The van der Waals surface area contributed by atoms with Crippen LogP contribution in [0.2, 0.25) is 0 Å². The number of hydrogen-bond donors (Lipinski definition) is 0. The first-order valence-electron chi connectivity index (χ1n) is 16.9. The third kappa shape index (κ3) is 9.57. The van der Waals surface area contributed by atoms with Crippen LogP contribution in [-0.4, -0.2) is 62.8 Å². The number of piperazine rings is 1. The first-order valence-corrected chi connectivity index (χ1v) is 17.8. The third-order valence-corrected chi connectivity index (χ3v) is 9.86. The van der Waals surface area contributed by atoms with E-state index in [2.05, 4.69) is 46.0 Å². The van der Waals surface area contributed by atoms with Gasteiger partial charge in [0.15, 0.2) is 6.73 Å². The third-order valence-electron chi connectivity index (χ3n) is 8.97. The molecule has 3 heterocycles. The highest BCUT2D eigenvalue weighted by atomic mass is 32.1. The van der Waals surface area contributed by atoms with Crippen LogP contribution < -0.4 is 14.5 Å². The average molecular weight is 632 g/mol. The van der Waals surface area contributed by atoms with E-state index in [9.17, 15) is 9.59 Å². The van der Waals surface area contributed by atoms with Crippen molar-refractivity contribution in [2.75, 3.05) is 55.9 Å². The highest BCUT2D eigenvalue weighted by molar-refractivity contribution is 7.17. The number of benzene rings is 2. The molecular formula is C37H49N3O4S. The smallest absolute Gasteiger partial charge is 0.307 e. The first kappa shape index (κ1) is 33.0. The van der Waals surface area contributed by atoms with Crippen LogP contribution in [0.25, 0.3) is 10.1 Å². The second-order valence-electron chi connectivity index (χ2n) is 12.2. The van der Waals surface area contributed by atoms with E-state index in [4.69, 9.17) is 9.47 Å². The molecule has 1 aromatic heterocycles. The molecular weight excluding hydrogens is 582 g/mol. The molecule has 0 saturated carbocycles.